The monoisotopic (exact) mass is 411 g/mol. The number of carbonyl (C=O) groups excluding carboxylic acids is 1. The van der Waals surface area contributed by atoms with Gasteiger partial charge in [-0.2, -0.15) is 0 Å². The molecule has 0 atom stereocenters. The molecular weight excluding hydrogens is 393 g/mol. The number of ether oxygens (including phenoxy) is 3. The fraction of sp³-hybridized carbons (Fsp3) is 0.278. The van der Waals surface area contributed by atoms with Crippen molar-refractivity contribution in [3.63, 3.8) is 0 Å². The quantitative estimate of drug-likeness (QED) is 0.723. The zero-order chi connectivity index (χ0) is 18.2. The number of para-hydroxylation sites is 1. The summed E-state index contributed by atoms with van der Waals surface area (Å²) in [6.45, 7) is 0.168. The van der Waals surface area contributed by atoms with Gasteiger partial charge in [0.2, 0.25) is 0 Å². The average Bonchev–Trinajstić information content (AvgIpc) is 2.62. The summed E-state index contributed by atoms with van der Waals surface area (Å²) in [7, 11) is 3.14. The van der Waals surface area contributed by atoms with Crippen LogP contribution in [-0.2, 0) is 11.2 Å². The van der Waals surface area contributed by atoms with E-state index in [1.54, 1.807) is 26.4 Å². The highest BCUT2D eigenvalue weighted by atomic mass is 79.9. The Morgan fingerprint density at radius 3 is 2.48 bits per heavy atom. The Kier molecular flexibility index (Phi) is 7.06. The standard InChI is InChI=1S/C18H19BrFNO4/c1-23-16-9-12(13(19)10-17(16)24-2)7-8-21-18(22)11-25-15-6-4-3-5-14(15)20/h3-6,9-10H,7-8,11H2,1-2H3,(H,21,22). The average molecular weight is 412 g/mol. The number of benzene rings is 2. The summed E-state index contributed by atoms with van der Waals surface area (Å²) >= 11 is 3.47. The Morgan fingerprint density at radius 1 is 1.12 bits per heavy atom. The predicted molar refractivity (Wildman–Crippen MR) is 95.9 cm³/mol. The molecule has 0 spiro atoms. The van der Waals surface area contributed by atoms with Crippen LogP contribution in [0.3, 0.4) is 0 Å². The van der Waals surface area contributed by atoms with Gasteiger partial charge in [-0.05, 0) is 36.2 Å². The van der Waals surface area contributed by atoms with Gasteiger partial charge in [0, 0.05) is 11.0 Å². The van der Waals surface area contributed by atoms with Crippen LogP contribution in [0.1, 0.15) is 5.56 Å². The first-order valence-corrected chi connectivity index (χ1v) is 8.39. The third kappa shape index (κ3) is 5.35. The van der Waals surface area contributed by atoms with Gasteiger partial charge < -0.3 is 19.5 Å². The van der Waals surface area contributed by atoms with Gasteiger partial charge in [0.05, 0.1) is 14.2 Å². The van der Waals surface area contributed by atoms with E-state index in [0.29, 0.717) is 24.5 Å². The Bertz CT molecular complexity index is 739. The molecule has 0 radical (unpaired) electrons. The molecule has 0 aliphatic rings. The van der Waals surface area contributed by atoms with E-state index in [0.717, 1.165) is 10.0 Å². The van der Waals surface area contributed by atoms with Crippen molar-refractivity contribution in [2.75, 3.05) is 27.4 Å². The molecule has 0 bridgehead atoms. The molecule has 0 saturated heterocycles. The van der Waals surface area contributed by atoms with Gasteiger partial charge >= 0.3 is 0 Å². The summed E-state index contributed by atoms with van der Waals surface area (Å²) in [6.07, 6.45) is 0.590. The van der Waals surface area contributed by atoms with Gasteiger partial charge in [-0.1, -0.05) is 28.1 Å². The molecule has 134 valence electrons. The summed E-state index contributed by atoms with van der Waals surface area (Å²) in [6, 6.07) is 9.63. The molecule has 0 aromatic heterocycles. The zero-order valence-corrected chi connectivity index (χ0v) is 15.6. The molecule has 5 nitrogen and oxygen atoms in total. The minimum atomic E-state index is -0.496. The molecule has 0 saturated carbocycles. The van der Waals surface area contributed by atoms with Crippen LogP contribution in [0.4, 0.5) is 4.39 Å². The summed E-state index contributed by atoms with van der Waals surface area (Å²) in [5.74, 6) is 0.486. The van der Waals surface area contributed by atoms with Crippen LogP contribution < -0.4 is 19.5 Å². The van der Waals surface area contributed by atoms with E-state index in [1.807, 2.05) is 12.1 Å². The number of methoxy groups -OCH3 is 2. The van der Waals surface area contributed by atoms with Crippen LogP contribution in [0, 0.1) is 5.82 Å². The van der Waals surface area contributed by atoms with Crippen molar-refractivity contribution in [3.8, 4) is 17.2 Å². The number of halogens is 2. The maximum atomic E-state index is 13.4. The van der Waals surface area contributed by atoms with Gasteiger partial charge in [0.25, 0.3) is 5.91 Å². The summed E-state index contributed by atoms with van der Waals surface area (Å²) in [5.41, 5.74) is 0.966. The highest BCUT2D eigenvalue weighted by molar-refractivity contribution is 9.10. The van der Waals surface area contributed by atoms with Crippen molar-refractivity contribution in [2.45, 2.75) is 6.42 Å². The van der Waals surface area contributed by atoms with E-state index in [1.165, 1.54) is 12.1 Å². The maximum Gasteiger partial charge on any atom is 0.257 e. The van der Waals surface area contributed by atoms with Gasteiger partial charge in [-0.15, -0.1) is 0 Å². The van der Waals surface area contributed by atoms with Crippen LogP contribution in [0.2, 0.25) is 0 Å². The number of amides is 1. The number of hydrogen-bond donors (Lipinski definition) is 1. The van der Waals surface area contributed by atoms with E-state index >= 15 is 0 Å². The van der Waals surface area contributed by atoms with Crippen LogP contribution in [0.15, 0.2) is 40.9 Å². The first-order chi connectivity index (χ1) is 12.0. The fourth-order valence-electron chi connectivity index (χ4n) is 2.18. The molecule has 0 aliphatic heterocycles. The molecule has 0 fully saturated rings. The minimum Gasteiger partial charge on any atom is -0.493 e. The first kappa shape index (κ1) is 19.1. The summed E-state index contributed by atoms with van der Waals surface area (Å²) in [4.78, 5) is 11.8. The highest BCUT2D eigenvalue weighted by Gasteiger charge is 2.10. The van der Waals surface area contributed by atoms with Crippen molar-refractivity contribution in [1.29, 1.82) is 0 Å². The van der Waals surface area contributed by atoms with Gasteiger partial charge in [-0.25, -0.2) is 4.39 Å². The fourth-order valence-corrected chi connectivity index (χ4v) is 2.70. The number of hydrogen-bond acceptors (Lipinski definition) is 4. The van der Waals surface area contributed by atoms with Crippen LogP contribution in [0.5, 0.6) is 17.2 Å². The largest absolute Gasteiger partial charge is 0.493 e. The molecule has 0 heterocycles. The number of rotatable bonds is 8. The molecule has 25 heavy (non-hydrogen) atoms. The van der Waals surface area contributed by atoms with E-state index in [2.05, 4.69) is 21.2 Å². The molecule has 2 rings (SSSR count). The Balaban J connectivity index is 1.84. The SMILES string of the molecule is COc1cc(Br)c(CCNC(=O)COc2ccccc2F)cc1OC. The maximum absolute atomic E-state index is 13.4. The second kappa shape index (κ2) is 9.27. The molecule has 1 N–H and O–H groups in total. The lowest BCUT2D eigenvalue weighted by Gasteiger charge is -2.12. The van der Waals surface area contributed by atoms with E-state index in [9.17, 15) is 9.18 Å². The van der Waals surface area contributed by atoms with Gasteiger partial charge in [-0.3, -0.25) is 4.79 Å². The van der Waals surface area contributed by atoms with E-state index in [-0.39, 0.29) is 18.3 Å². The molecule has 2 aromatic rings. The van der Waals surface area contributed by atoms with Crippen LogP contribution in [-0.4, -0.2) is 33.3 Å². The van der Waals surface area contributed by atoms with Crippen molar-refractivity contribution in [1.82, 2.24) is 5.32 Å². The lowest BCUT2D eigenvalue weighted by molar-refractivity contribution is -0.123. The summed E-state index contributed by atoms with van der Waals surface area (Å²) in [5, 5.41) is 2.73. The Hall–Kier alpha value is -2.28. The summed E-state index contributed by atoms with van der Waals surface area (Å²) < 4.78 is 29.9. The van der Waals surface area contributed by atoms with Crippen molar-refractivity contribution in [3.05, 3.63) is 52.3 Å². The van der Waals surface area contributed by atoms with Crippen molar-refractivity contribution in [2.24, 2.45) is 0 Å². The second-order valence-corrected chi connectivity index (χ2v) is 5.97. The Morgan fingerprint density at radius 2 is 1.80 bits per heavy atom. The zero-order valence-electron chi connectivity index (χ0n) is 14.0. The first-order valence-electron chi connectivity index (χ1n) is 7.59. The molecule has 7 heteroatoms. The molecule has 2 aromatic carbocycles. The lowest BCUT2D eigenvalue weighted by atomic mass is 10.1. The lowest BCUT2D eigenvalue weighted by Crippen LogP contribution is -2.30. The normalized spacial score (nSPS) is 10.2. The molecular formula is C18H19BrFNO4. The Labute approximate surface area is 154 Å². The second-order valence-electron chi connectivity index (χ2n) is 5.12. The predicted octanol–water partition coefficient (Wildman–Crippen LogP) is 3.34. The molecule has 0 aliphatic carbocycles. The minimum absolute atomic E-state index is 0.0558. The smallest absolute Gasteiger partial charge is 0.257 e. The van der Waals surface area contributed by atoms with Crippen LogP contribution >= 0.6 is 15.9 Å². The number of nitrogens with one attached hydrogen (secondary N) is 1. The molecule has 1 amide bonds. The van der Waals surface area contributed by atoms with Gasteiger partial charge in [0.1, 0.15) is 0 Å². The topological polar surface area (TPSA) is 56.8 Å². The van der Waals surface area contributed by atoms with Crippen molar-refractivity contribution >= 4 is 21.8 Å². The molecule has 0 unspecified atom stereocenters. The van der Waals surface area contributed by atoms with E-state index < -0.39 is 5.82 Å². The highest BCUT2D eigenvalue weighted by Crippen LogP contribution is 2.33. The van der Waals surface area contributed by atoms with Crippen LogP contribution in [0.25, 0.3) is 0 Å². The third-order valence-electron chi connectivity index (χ3n) is 3.46. The third-order valence-corrected chi connectivity index (χ3v) is 4.20. The van der Waals surface area contributed by atoms with Crippen molar-refractivity contribution < 1.29 is 23.4 Å². The number of carbonyl (C=O) groups is 1. The van der Waals surface area contributed by atoms with E-state index in [4.69, 9.17) is 14.2 Å². The van der Waals surface area contributed by atoms with Gasteiger partial charge in [0.15, 0.2) is 29.7 Å².